The Balaban J connectivity index is 2.04. The van der Waals surface area contributed by atoms with Crippen LogP contribution in [-0.2, 0) is 9.47 Å². The Labute approximate surface area is 72.7 Å². The Hall–Kier alpha value is -0.120. The minimum Gasteiger partial charge on any atom is -0.396 e. The van der Waals surface area contributed by atoms with Crippen LogP contribution < -0.4 is 0 Å². The molecule has 1 saturated heterocycles. The fraction of sp³-hybridized carbons (Fsp3) is 1.00. The van der Waals surface area contributed by atoms with Crippen LogP contribution in [0.1, 0.15) is 25.7 Å². The molecule has 0 amide bonds. The monoisotopic (exact) mass is 172 g/mol. The highest BCUT2D eigenvalue weighted by molar-refractivity contribution is 4.88. The first-order valence-electron chi connectivity index (χ1n) is 4.71. The van der Waals surface area contributed by atoms with Crippen LogP contribution in [0.3, 0.4) is 0 Å². The zero-order chi connectivity index (χ0) is 8.44. The first-order valence-corrected chi connectivity index (χ1v) is 4.71. The van der Waals surface area contributed by atoms with E-state index in [-0.39, 0.29) is 18.3 Å². The number of ether oxygens (including phenoxy) is 2. The maximum atomic E-state index is 9.32. The Morgan fingerprint density at radius 2 is 1.75 bits per heavy atom. The second kappa shape index (κ2) is 3.32. The van der Waals surface area contributed by atoms with E-state index in [4.69, 9.17) is 9.47 Å². The lowest BCUT2D eigenvalue weighted by atomic mass is 9.86. The molecule has 0 atom stereocenters. The first-order chi connectivity index (χ1) is 5.87. The van der Waals surface area contributed by atoms with Crippen molar-refractivity contribution in [2.75, 3.05) is 19.8 Å². The molecule has 12 heavy (non-hydrogen) atoms. The topological polar surface area (TPSA) is 38.7 Å². The fourth-order valence-corrected chi connectivity index (χ4v) is 2.26. The Kier molecular flexibility index (Phi) is 2.35. The van der Waals surface area contributed by atoms with E-state index in [2.05, 4.69) is 0 Å². The summed E-state index contributed by atoms with van der Waals surface area (Å²) in [5.74, 6) is 0. The largest absolute Gasteiger partial charge is 0.396 e. The maximum Gasteiger partial charge on any atom is 0.165 e. The lowest BCUT2D eigenvalue weighted by Crippen LogP contribution is -2.36. The molecule has 0 spiro atoms. The van der Waals surface area contributed by atoms with Crippen LogP contribution in [0.2, 0.25) is 0 Å². The molecule has 0 aromatic carbocycles. The normalized spacial score (nSPS) is 29.8. The van der Waals surface area contributed by atoms with Gasteiger partial charge in [0, 0.05) is 5.41 Å². The Bertz CT molecular complexity index is 146. The van der Waals surface area contributed by atoms with Crippen molar-refractivity contribution in [3.63, 3.8) is 0 Å². The number of rotatable bonds is 2. The molecule has 1 heterocycles. The molecule has 0 aromatic heterocycles. The zero-order valence-electron chi connectivity index (χ0n) is 7.29. The van der Waals surface area contributed by atoms with Gasteiger partial charge in [0.25, 0.3) is 0 Å². The van der Waals surface area contributed by atoms with Crippen LogP contribution in [-0.4, -0.2) is 31.2 Å². The zero-order valence-corrected chi connectivity index (χ0v) is 7.29. The number of aliphatic hydroxyl groups is 1. The van der Waals surface area contributed by atoms with Crippen molar-refractivity contribution in [1.29, 1.82) is 0 Å². The van der Waals surface area contributed by atoms with Crippen molar-refractivity contribution in [3.8, 4) is 0 Å². The van der Waals surface area contributed by atoms with Gasteiger partial charge in [0.05, 0.1) is 19.8 Å². The molecule has 1 aliphatic heterocycles. The van der Waals surface area contributed by atoms with Gasteiger partial charge in [0.1, 0.15) is 0 Å². The van der Waals surface area contributed by atoms with Gasteiger partial charge in [-0.1, -0.05) is 12.8 Å². The molecule has 0 bridgehead atoms. The summed E-state index contributed by atoms with van der Waals surface area (Å²) in [6.07, 6.45) is 4.36. The lowest BCUT2D eigenvalue weighted by Gasteiger charge is -2.31. The summed E-state index contributed by atoms with van der Waals surface area (Å²) < 4.78 is 10.9. The predicted molar refractivity (Wildman–Crippen MR) is 43.7 cm³/mol. The van der Waals surface area contributed by atoms with Crippen molar-refractivity contribution in [2.45, 2.75) is 32.0 Å². The van der Waals surface area contributed by atoms with Gasteiger partial charge >= 0.3 is 0 Å². The molecule has 0 unspecified atom stereocenters. The Morgan fingerprint density at radius 1 is 1.17 bits per heavy atom. The first kappa shape index (κ1) is 8.48. The molecule has 0 aromatic rings. The highest BCUT2D eigenvalue weighted by Gasteiger charge is 2.44. The van der Waals surface area contributed by atoms with E-state index in [0.29, 0.717) is 13.2 Å². The van der Waals surface area contributed by atoms with E-state index in [1.807, 2.05) is 0 Å². The minimum atomic E-state index is -0.134. The second-order valence-corrected chi connectivity index (χ2v) is 3.80. The number of hydrogen-bond acceptors (Lipinski definition) is 3. The van der Waals surface area contributed by atoms with Crippen LogP contribution in [0.25, 0.3) is 0 Å². The maximum absolute atomic E-state index is 9.32. The van der Waals surface area contributed by atoms with Gasteiger partial charge in [-0.05, 0) is 12.8 Å². The van der Waals surface area contributed by atoms with Gasteiger partial charge in [-0.15, -0.1) is 0 Å². The van der Waals surface area contributed by atoms with Crippen LogP contribution in [0.4, 0.5) is 0 Å². The van der Waals surface area contributed by atoms with Gasteiger partial charge in [0.15, 0.2) is 6.29 Å². The summed E-state index contributed by atoms with van der Waals surface area (Å²) >= 11 is 0. The van der Waals surface area contributed by atoms with Crippen LogP contribution in [0.15, 0.2) is 0 Å². The van der Waals surface area contributed by atoms with Crippen LogP contribution >= 0.6 is 0 Å². The van der Waals surface area contributed by atoms with Gasteiger partial charge < -0.3 is 14.6 Å². The van der Waals surface area contributed by atoms with Gasteiger partial charge in [0.2, 0.25) is 0 Å². The van der Waals surface area contributed by atoms with Crippen molar-refractivity contribution in [1.82, 2.24) is 0 Å². The highest BCUT2D eigenvalue weighted by atomic mass is 16.7. The quantitative estimate of drug-likeness (QED) is 0.673. The molecule has 2 fully saturated rings. The van der Waals surface area contributed by atoms with Crippen molar-refractivity contribution in [3.05, 3.63) is 0 Å². The molecule has 2 rings (SSSR count). The highest BCUT2D eigenvalue weighted by Crippen LogP contribution is 2.43. The molecule has 1 aliphatic carbocycles. The molecule has 1 saturated carbocycles. The fourth-order valence-electron chi connectivity index (χ4n) is 2.26. The van der Waals surface area contributed by atoms with Gasteiger partial charge in [-0.3, -0.25) is 0 Å². The second-order valence-electron chi connectivity index (χ2n) is 3.80. The van der Waals surface area contributed by atoms with E-state index in [0.717, 1.165) is 12.8 Å². The third kappa shape index (κ3) is 1.26. The average Bonchev–Trinajstić information content (AvgIpc) is 2.76. The summed E-state index contributed by atoms with van der Waals surface area (Å²) in [6.45, 7) is 1.58. The SMILES string of the molecule is OCC1(C2OCCO2)CCCC1. The van der Waals surface area contributed by atoms with E-state index < -0.39 is 0 Å². The molecule has 2 aliphatic rings. The third-order valence-corrected chi connectivity index (χ3v) is 3.04. The van der Waals surface area contributed by atoms with Gasteiger partial charge in [-0.2, -0.15) is 0 Å². The molecule has 0 radical (unpaired) electrons. The van der Waals surface area contributed by atoms with Crippen LogP contribution in [0.5, 0.6) is 0 Å². The average molecular weight is 172 g/mol. The summed E-state index contributed by atoms with van der Waals surface area (Å²) in [5.41, 5.74) is -0.0729. The van der Waals surface area contributed by atoms with E-state index in [1.54, 1.807) is 0 Å². The number of hydrogen-bond donors (Lipinski definition) is 1. The minimum absolute atomic E-state index is 0.0729. The molecular formula is C9H16O3. The van der Waals surface area contributed by atoms with E-state index in [1.165, 1.54) is 12.8 Å². The van der Waals surface area contributed by atoms with Crippen LogP contribution in [0, 0.1) is 5.41 Å². The predicted octanol–water partition coefficient (Wildman–Crippen LogP) is 0.912. The summed E-state index contributed by atoms with van der Waals surface area (Å²) in [7, 11) is 0. The standard InChI is InChI=1S/C9H16O3/c10-7-9(3-1-2-4-9)8-11-5-6-12-8/h8,10H,1-7H2. The van der Waals surface area contributed by atoms with E-state index >= 15 is 0 Å². The van der Waals surface area contributed by atoms with E-state index in [9.17, 15) is 5.11 Å². The molecular weight excluding hydrogens is 156 g/mol. The Morgan fingerprint density at radius 3 is 2.25 bits per heavy atom. The van der Waals surface area contributed by atoms with Gasteiger partial charge in [-0.25, -0.2) is 0 Å². The molecule has 3 heteroatoms. The molecule has 3 nitrogen and oxygen atoms in total. The lowest BCUT2D eigenvalue weighted by molar-refractivity contribution is -0.147. The summed E-state index contributed by atoms with van der Waals surface area (Å²) in [4.78, 5) is 0. The summed E-state index contributed by atoms with van der Waals surface area (Å²) in [6, 6.07) is 0. The van der Waals surface area contributed by atoms with Crippen molar-refractivity contribution in [2.24, 2.45) is 5.41 Å². The number of aliphatic hydroxyl groups excluding tert-OH is 1. The molecule has 70 valence electrons. The smallest absolute Gasteiger partial charge is 0.165 e. The molecule has 1 N–H and O–H groups in total. The third-order valence-electron chi connectivity index (χ3n) is 3.04. The summed E-state index contributed by atoms with van der Waals surface area (Å²) in [5, 5.41) is 9.32. The van der Waals surface area contributed by atoms with Crippen molar-refractivity contribution >= 4 is 0 Å². The van der Waals surface area contributed by atoms with Crippen molar-refractivity contribution < 1.29 is 14.6 Å².